The van der Waals surface area contributed by atoms with E-state index in [0.29, 0.717) is 33.9 Å². The van der Waals surface area contributed by atoms with E-state index in [4.69, 9.17) is 0 Å². The van der Waals surface area contributed by atoms with Crippen LogP contribution in [-0.2, 0) is 11.3 Å². The number of aryl methyl sites for hydroxylation is 2. The van der Waals surface area contributed by atoms with Crippen LogP contribution in [0.2, 0.25) is 0 Å². The Kier molecular flexibility index (Phi) is 6.37. The van der Waals surface area contributed by atoms with Crippen LogP contribution in [-0.4, -0.2) is 21.2 Å². The molecule has 0 radical (unpaired) electrons. The lowest BCUT2D eigenvalue weighted by atomic mass is 10.1. The molecule has 1 amide bonds. The number of thioether (sulfide) groups is 1. The molecule has 1 heterocycles. The zero-order chi connectivity index (χ0) is 22.7. The first-order valence-corrected chi connectivity index (χ1v) is 11.1. The molecule has 0 saturated carbocycles. The summed E-state index contributed by atoms with van der Waals surface area (Å²) in [4.78, 5) is 30.2. The first-order chi connectivity index (χ1) is 15.4. The molecule has 3 aromatic carbocycles. The minimum absolute atomic E-state index is 0.0744. The van der Waals surface area contributed by atoms with Crippen molar-refractivity contribution in [3.8, 4) is 5.69 Å². The Morgan fingerprint density at radius 2 is 1.81 bits per heavy atom. The van der Waals surface area contributed by atoms with E-state index >= 15 is 0 Å². The highest BCUT2D eigenvalue weighted by Crippen LogP contribution is 2.22. The van der Waals surface area contributed by atoms with Crippen LogP contribution >= 0.6 is 11.8 Å². The Morgan fingerprint density at radius 3 is 2.56 bits per heavy atom. The summed E-state index contributed by atoms with van der Waals surface area (Å²) >= 11 is 1.14. The quantitative estimate of drug-likeness (QED) is 0.348. The van der Waals surface area contributed by atoms with Crippen molar-refractivity contribution in [1.29, 1.82) is 0 Å². The van der Waals surface area contributed by atoms with Gasteiger partial charge in [-0.25, -0.2) is 9.37 Å². The van der Waals surface area contributed by atoms with Gasteiger partial charge in [0.2, 0.25) is 5.91 Å². The lowest BCUT2D eigenvalue weighted by Gasteiger charge is -2.14. The van der Waals surface area contributed by atoms with Gasteiger partial charge in [0, 0.05) is 6.54 Å². The number of aromatic nitrogens is 2. The van der Waals surface area contributed by atoms with Crippen molar-refractivity contribution in [3.63, 3.8) is 0 Å². The Labute approximate surface area is 189 Å². The highest BCUT2D eigenvalue weighted by Gasteiger charge is 2.15. The number of rotatable bonds is 6. The molecular formula is C25H22FN3O2S. The summed E-state index contributed by atoms with van der Waals surface area (Å²) < 4.78 is 15.6. The van der Waals surface area contributed by atoms with Crippen molar-refractivity contribution in [2.75, 3.05) is 5.75 Å². The molecule has 1 N–H and O–H groups in total. The minimum Gasteiger partial charge on any atom is -0.351 e. The molecule has 5 nitrogen and oxygen atoms in total. The van der Waals surface area contributed by atoms with Gasteiger partial charge in [-0.05, 0) is 49.2 Å². The fourth-order valence-electron chi connectivity index (χ4n) is 3.25. The third kappa shape index (κ3) is 4.73. The van der Waals surface area contributed by atoms with Crippen LogP contribution in [0.5, 0.6) is 0 Å². The second-order valence-corrected chi connectivity index (χ2v) is 8.48. The predicted molar refractivity (Wildman–Crippen MR) is 126 cm³/mol. The van der Waals surface area contributed by atoms with Gasteiger partial charge >= 0.3 is 0 Å². The molecule has 0 bridgehead atoms. The smallest absolute Gasteiger partial charge is 0.266 e. The first kappa shape index (κ1) is 21.8. The van der Waals surface area contributed by atoms with Crippen LogP contribution in [0.1, 0.15) is 16.7 Å². The largest absolute Gasteiger partial charge is 0.351 e. The second kappa shape index (κ2) is 9.36. The van der Waals surface area contributed by atoms with Gasteiger partial charge in [-0.3, -0.25) is 14.2 Å². The summed E-state index contributed by atoms with van der Waals surface area (Å²) in [5, 5.41) is 3.65. The number of amides is 1. The van der Waals surface area contributed by atoms with Crippen LogP contribution in [0.15, 0.2) is 76.7 Å². The maximum absolute atomic E-state index is 14.2. The maximum atomic E-state index is 14.2. The molecule has 0 spiro atoms. The second-order valence-electron chi connectivity index (χ2n) is 7.54. The topological polar surface area (TPSA) is 64.0 Å². The molecule has 7 heteroatoms. The Balaban J connectivity index is 1.60. The minimum atomic E-state index is -0.408. The van der Waals surface area contributed by atoms with Crippen LogP contribution < -0.4 is 10.9 Å². The molecule has 0 atom stereocenters. The van der Waals surface area contributed by atoms with Gasteiger partial charge < -0.3 is 5.32 Å². The molecule has 162 valence electrons. The van der Waals surface area contributed by atoms with Crippen LogP contribution in [0.25, 0.3) is 16.6 Å². The molecule has 0 saturated heterocycles. The number of hydrogen-bond donors (Lipinski definition) is 1. The highest BCUT2D eigenvalue weighted by atomic mass is 32.2. The molecule has 0 aliphatic carbocycles. The molecule has 0 aliphatic heterocycles. The summed E-state index contributed by atoms with van der Waals surface area (Å²) in [5.74, 6) is -0.515. The van der Waals surface area contributed by atoms with Gasteiger partial charge in [0.05, 0.1) is 22.3 Å². The number of hydrogen-bond acceptors (Lipinski definition) is 4. The van der Waals surface area contributed by atoms with Gasteiger partial charge in [-0.15, -0.1) is 0 Å². The fraction of sp³-hybridized carbons (Fsp3) is 0.160. The third-order valence-corrected chi connectivity index (χ3v) is 6.04. The Bertz CT molecular complexity index is 1350. The normalized spacial score (nSPS) is 11.0. The summed E-state index contributed by atoms with van der Waals surface area (Å²) in [6, 6.07) is 19.5. The molecule has 4 aromatic rings. The van der Waals surface area contributed by atoms with E-state index in [9.17, 15) is 14.0 Å². The van der Waals surface area contributed by atoms with E-state index < -0.39 is 5.82 Å². The first-order valence-electron chi connectivity index (χ1n) is 10.2. The van der Waals surface area contributed by atoms with Crippen molar-refractivity contribution in [2.45, 2.75) is 25.5 Å². The Morgan fingerprint density at radius 1 is 1.06 bits per heavy atom. The van der Waals surface area contributed by atoms with E-state index in [1.807, 2.05) is 31.2 Å². The lowest BCUT2D eigenvalue weighted by molar-refractivity contribution is -0.118. The third-order valence-electron chi connectivity index (χ3n) is 5.10. The van der Waals surface area contributed by atoms with E-state index in [-0.39, 0.29) is 17.2 Å². The summed E-state index contributed by atoms with van der Waals surface area (Å²) in [7, 11) is 0. The zero-order valence-corrected chi connectivity index (χ0v) is 18.6. The molecular weight excluding hydrogens is 425 g/mol. The van der Waals surface area contributed by atoms with E-state index in [0.717, 1.165) is 22.9 Å². The lowest BCUT2D eigenvalue weighted by Crippen LogP contribution is -2.26. The SMILES string of the molecule is Cc1ccc(CNC(=O)CSc2nc3ccccc3c(=O)n2-c2ccc(C)c(F)c2)cc1. The van der Waals surface area contributed by atoms with E-state index in [1.54, 1.807) is 43.3 Å². The molecule has 0 unspecified atom stereocenters. The monoisotopic (exact) mass is 447 g/mol. The van der Waals surface area contributed by atoms with Gasteiger partial charge in [0.1, 0.15) is 5.82 Å². The summed E-state index contributed by atoms with van der Waals surface area (Å²) in [6.45, 7) is 4.09. The van der Waals surface area contributed by atoms with Gasteiger partial charge in [0.15, 0.2) is 5.16 Å². The standard InChI is InChI=1S/C25H22FN3O2S/c1-16-7-10-18(11-8-16)14-27-23(30)15-32-25-28-22-6-4-3-5-20(22)24(31)29(25)19-12-9-17(2)21(26)13-19/h3-13H,14-15H2,1-2H3,(H,27,30). The molecule has 1 aromatic heterocycles. The molecule has 0 fully saturated rings. The maximum Gasteiger partial charge on any atom is 0.266 e. The van der Waals surface area contributed by atoms with Crippen molar-refractivity contribution < 1.29 is 9.18 Å². The predicted octanol–water partition coefficient (Wildman–Crippen LogP) is 4.55. The van der Waals surface area contributed by atoms with Crippen molar-refractivity contribution >= 4 is 28.6 Å². The number of fused-ring (bicyclic) bond motifs is 1. The number of nitrogens with one attached hydrogen (secondary N) is 1. The van der Waals surface area contributed by atoms with Crippen molar-refractivity contribution in [3.05, 3.63) is 99.6 Å². The van der Waals surface area contributed by atoms with Crippen molar-refractivity contribution in [2.24, 2.45) is 0 Å². The summed E-state index contributed by atoms with van der Waals surface area (Å²) in [6.07, 6.45) is 0. The van der Waals surface area contributed by atoms with Gasteiger partial charge in [0.25, 0.3) is 5.56 Å². The number of halogens is 1. The number of carbonyl (C=O) groups excluding carboxylic acids is 1. The highest BCUT2D eigenvalue weighted by molar-refractivity contribution is 7.99. The molecule has 32 heavy (non-hydrogen) atoms. The van der Waals surface area contributed by atoms with Crippen LogP contribution in [0.3, 0.4) is 0 Å². The number of nitrogens with zero attached hydrogens (tertiary/aromatic N) is 2. The molecule has 0 aliphatic rings. The average Bonchev–Trinajstić information content (AvgIpc) is 2.79. The number of carbonyl (C=O) groups is 1. The number of para-hydroxylation sites is 1. The van der Waals surface area contributed by atoms with Crippen LogP contribution in [0, 0.1) is 19.7 Å². The van der Waals surface area contributed by atoms with E-state index in [1.165, 1.54) is 10.6 Å². The van der Waals surface area contributed by atoms with Crippen LogP contribution in [0.4, 0.5) is 4.39 Å². The molecule has 4 rings (SSSR count). The summed E-state index contributed by atoms with van der Waals surface area (Å²) in [5.41, 5.74) is 3.25. The average molecular weight is 448 g/mol. The zero-order valence-electron chi connectivity index (χ0n) is 17.8. The van der Waals surface area contributed by atoms with E-state index in [2.05, 4.69) is 10.3 Å². The fourth-order valence-corrected chi connectivity index (χ4v) is 4.09. The number of benzene rings is 3. The van der Waals surface area contributed by atoms with Gasteiger partial charge in [-0.2, -0.15) is 0 Å². The van der Waals surface area contributed by atoms with Crippen molar-refractivity contribution in [1.82, 2.24) is 14.9 Å². The van der Waals surface area contributed by atoms with Gasteiger partial charge in [-0.1, -0.05) is 59.8 Å². The Hall–Kier alpha value is -3.45.